The van der Waals surface area contributed by atoms with E-state index in [0.29, 0.717) is 0 Å². The smallest absolute Gasteiger partial charge is 0.0512 e. The highest BCUT2D eigenvalue weighted by Crippen LogP contribution is 2.11. The zero-order valence-corrected chi connectivity index (χ0v) is 15.1. The molecule has 21 heavy (non-hydrogen) atoms. The van der Waals surface area contributed by atoms with Crippen LogP contribution in [0, 0.1) is 0 Å². The third-order valence-electron chi connectivity index (χ3n) is 4.37. The van der Waals surface area contributed by atoms with Crippen molar-refractivity contribution in [2.75, 3.05) is 19.6 Å². The molecule has 2 nitrogen and oxygen atoms in total. The molecule has 0 amide bonds. The quantitative estimate of drug-likeness (QED) is 0.386. The van der Waals surface area contributed by atoms with Crippen LogP contribution in [0.25, 0.3) is 0 Å². The lowest BCUT2D eigenvalue weighted by molar-refractivity contribution is 0.171. The third-order valence-corrected chi connectivity index (χ3v) is 4.37. The summed E-state index contributed by atoms with van der Waals surface area (Å²) in [5.41, 5.74) is 0. The van der Waals surface area contributed by atoms with Crippen LogP contribution in [-0.2, 0) is 0 Å². The maximum atomic E-state index is 9.28. The van der Waals surface area contributed by atoms with Gasteiger partial charge in [-0.3, -0.25) is 0 Å². The van der Waals surface area contributed by atoms with Gasteiger partial charge in [-0.05, 0) is 45.8 Å². The van der Waals surface area contributed by atoms with Gasteiger partial charge in [0.1, 0.15) is 0 Å². The lowest BCUT2D eigenvalue weighted by atomic mass is 10.1. The van der Waals surface area contributed by atoms with E-state index in [1.165, 1.54) is 70.8 Å². The highest BCUT2D eigenvalue weighted by atomic mass is 16.3. The average Bonchev–Trinajstić information content (AvgIpc) is 2.47. The molecule has 1 N–H and O–H groups in total. The first-order chi connectivity index (χ1) is 10.2. The maximum absolute atomic E-state index is 9.28. The first kappa shape index (κ1) is 20.9. The Balaban J connectivity index is 3.27. The van der Waals surface area contributed by atoms with Crippen LogP contribution in [0.4, 0.5) is 0 Å². The SMILES string of the molecule is CCCCCCCCCCCCN(CC)CCCC(C)O. The standard InChI is InChI=1S/C19H41NO/c1-4-6-7-8-9-10-11-12-13-14-17-20(5-2)18-15-16-19(3)21/h19,21H,4-18H2,1-3H3. The van der Waals surface area contributed by atoms with E-state index in [-0.39, 0.29) is 6.10 Å². The fourth-order valence-corrected chi connectivity index (χ4v) is 2.86. The predicted molar refractivity (Wildman–Crippen MR) is 94.9 cm³/mol. The Labute approximate surface area is 134 Å². The van der Waals surface area contributed by atoms with Crippen LogP contribution in [0.3, 0.4) is 0 Å². The molecule has 0 fully saturated rings. The van der Waals surface area contributed by atoms with Crippen LogP contribution in [0.2, 0.25) is 0 Å². The Morgan fingerprint density at radius 3 is 1.67 bits per heavy atom. The van der Waals surface area contributed by atoms with E-state index in [0.717, 1.165) is 25.9 Å². The molecule has 128 valence electrons. The van der Waals surface area contributed by atoms with Crippen molar-refractivity contribution in [3.8, 4) is 0 Å². The summed E-state index contributed by atoms with van der Waals surface area (Å²) < 4.78 is 0. The zero-order chi connectivity index (χ0) is 15.8. The Morgan fingerprint density at radius 1 is 0.714 bits per heavy atom. The lowest BCUT2D eigenvalue weighted by Crippen LogP contribution is -2.26. The zero-order valence-electron chi connectivity index (χ0n) is 15.1. The second-order valence-electron chi connectivity index (χ2n) is 6.61. The molecular formula is C19H41NO. The number of unbranched alkanes of at least 4 members (excludes halogenated alkanes) is 9. The molecule has 0 spiro atoms. The van der Waals surface area contributed by atoms with Crippen LogP contribution in [-0.4, -0.2) is 35.7 Å². The molecule has 1 atom stereocenters. The molecule has 0 saturated carbocycles. The summed E-state index contributed by atoms with van der Waals surface area (Å²) in [5.74, 6) is 0. The highest BCUT2D eigenvalue weighted by molar-refractivity contribution is 4.58. The normalized spacial score (nSPS) is 13.0. The highest BCUT2D eigenvalue weighted by Gasteiger charge is 2.03. The molecule has 0 bridgehead atoms. The van der Waals surface area contributed by atoms with E-state index in [1.807, 2.05) is 6.92 Å². The summed E-state index contributed by atoms with van der Waals surface area (Å²) in [7, 11) is 0. The van der Waals surface area contributed by atoms with Crippen LogP contribution in [0.1, 0.15) is 97.8 Å². The molecule has 0 rings (SSSR count). The van der Waals surface area contributed by atoms with Crippen LogP contribution >= 0.6 is 0 Å². The molecule has 0 aliphatic rings. The van der Waals surface area contributed by atoms with Gasteiger partial charge in [0.15, 0.2) is 0 Å². The first-order valence-electron chi connectivity index (χ1n) is 9.61. The molecule has 1 unspecified atom stereocenters. The van der Waals surface area contributed by atoms with E-state index in [4.69, 9.17) is 0 Å². The van der Waals surface area contributed by atoms with Crippen molar-refractivity contribution in [3.05, 3.63) is 0 Å². The number of hydrogen-bond acceptors (Lipinski definition) is 2. The monoisotopic (exact) mass is 299 g/mol. The van der Waals surface area contributed by atoms with E-state index >= 15 is 0 Å². The Bertz CT molecular complexity index is 194. The predicted octanol–water partition coefficient (Wildman–Crippen LogP) is 5.39. The van der Waals surface area contributed by atoms with Gasteiger partial charge in [-0.2, -0.15) is 0 Å². The number of rotatable bonds is 16. The summed E-state index contributed by atoms with van der Waals surface area (Å²) in [6, 6.07) is 0. The van der Waals surface area contributed by atoms with Gasteiger partial charge < -0.3 is 10.0 Å². The number of aliphatic hydroxyl groups excluding tert-OH is 1. The van der Waals surface area contributed by atoms with Crippen molar-refractivity contribution in [1.29, 1.82) is 0 Å². The minimum absolute atomic E-state index is 0.138. The van der Waals surface area contributed by atoms with Crippen molar-refractivity contribution in [1.82, 2.24) is 4.90 Å². The molecule has 0 aliphatic carbocycles. The third kappa shape index (κ3) is 16.1. The number of hydrogen-bond donors (Lipinski definition) is 1. The van der Waals surface area contributed by atoms with Crippen molar-refractivity contribution >= 4 is 0 Å². The minimum atomic E-state index is -0.138. The fourth-order valence-electron chi connectivity index (χ4n) is 2.86. The molecule has 0 radical (unpaired) electrons. The topological polar surface area (TPSA) is 23.5 Å². The van der Waals surface area contributed by atoms with E-state index < -0.39 is 0 Å². The molecule has 0 aromatic heterocycles. The summed E-state index contributed by atoms with van der Waals surface area (Å²) in [6.45, 7) is 9.96. The van der Waals surface area contributed by atoms with Crippen molar-refractivity contribution in [2.45, 2.75) is 104 Å². The molecule has 0 aromatic carbocycles. The fraction of sp³-hybridized carbons (Fsp3) is 1.00. The van der Waals surface area contributed by atoms with Crippen LogP contribution in [0.5, 0.6) is 0 Å². The van der Waals surface area contributed by atoms with E-state index in [9.17, 15) is 5.11 Å². The Hall–Kier alpha value is -0.0800. The number of aliphatic hydroxyl groups is 1. The van der Waals surface area contributed by atoms with Gasteiger partial charge in [-0.25, -0.2) is 0 Å². The van der Waals surface area contributed by atoms with Gasteiger partial charge in [0.25, 0.3) is 0 Å². The van der Waals surface area contributed by atoms with Crippen molar-refractivity contribution in [2.24, 2.45) is 0 Å². The summed E-state index contributed by atoms with van der Waals surface area (Å²) in [5, 5.41) is 9.28. The van der Waals surface area contributed by atoms with Crippen LogP contribution < -0.4 is 0 Å². The Kier molecular flexibility index (Phi) is 16.2. The average molecular weight is 300 g/mol. The Morgan fingerprint density at radius 2 is 1.19 bits per heavy atom. The second-order valence-corrected chi connectivity index (χ2v) is 6.61. The first-order valence-corrected chi connectivity index (χ1v) is 9.61. The summed E-state index contributed by atoms with van der Waals surface area (Å²) in [6.07, 6.45) is 16.1. The molecule has 2 heteroatoms. The van der Waals surface area contributed by atoms with Gasteiger partial charge in [0.05, 0.1) is 6.10 Å². The van der Waals surface area contributed by atoms with E-state index in [1.54, 1.807) is 0 Å². The van der Waals surface area contributed by atoms with Crippen molar-refractivity contribution in [3.63, 3.8) is 0 Å². The molecular weight excluding hydrogens is 258 g/mol. The minimum Gasteiger partial charge on any atom is -0.393 e. The maximum Gasteiger partial charge on any atom is 0.0512 e. The summed E-state index contributed by atoms with van der Waals surface area (Å²) >= 11 is 0. The van der Waals surface area contributed by atoms with Gasteiger partial charge in [0.2, 0.25) is 0 Å². The lowest BCUT2D eigenvalue weighted by Gasteiger charge is -2.20. The van der Waals surface area contributed by atoms with Gasteiger partial charge >= 0.3 is 0 Å². The second kappa shape index (κ2) is 16.3. The van der Waals surface area contributed by atoms with Crippen molar-refractivity contribution < 1.29 is 5.11 Å². The van der Waals surface area contributed by atoms with E-state index in [2.05, 4.69) is 18.7 Å². The molecule has 0 aromatic rings. The largest absolute Gasteiger partial charge is 0.393 e. The van der Waals surface area contributed by atoms with Gasteiger partial charge in [0, 0.05) is 0 Å². The summed E-state index contributed by atoms with van der Waals surface area (Å²) in [4.78, 5) is 2.53. The van der Waals surface area contributed by atoms with Gasteiger partial charge in [-0.15, -0.1) is 0 Å². The van der Waals surface area contributed by atoms with Gasteiger partial charge in [-0.1, -0.05) is 71.6 Å². The molecule has 0 heterocycles. The number of nitrogens with zero attached hydrogens (tertiary/aromatic N) is 1. The molecule has 0 aliphatic heterocycles. The molecule has 0 saturated heterocycles. The van der Waals surface area contributed by atoms with Crippen LogP contribution in [0.15, 0.2) is 0 Å².